The van der Waals surface area contributed by atoms with Gasteiger partial charge in [0.15, 0.2) is 5.13 Å². The van der Waals surface area contributed by atoms with Crippen LogP contribution in [0.4, 0.5) is 5.13 Å². The maximum Gasteiger partial charge on any atom is 0.325 e. The van der Waals surface area contributed by atoms with Crippen LogP contribution >= 0.6 is 11.3 Å². The van der Waals surface area contributed by atoms with E-state index < -0.39 is 11.9 Å². The maximum absolute atomic E-state index is 12.3. The fourth-order valence-corrected chi connectivity index (χ4v) is 3.73. The molecule has 1 aliphatic rings. The molecule has 156 valence electrons. The molecule has 3 rings (SSSR count). The number of carboxylic acid groups (broad SMARTS) is 1. The Balaban J connectivity index is 0.000000941. The first-order chi connectivity index (χ1) is 13.9. The third-order valence-corrected chi connectivity index (χ3v) is 5.06. The van der Waals surface area contributed by atoms with Gasteiger partial charge in [0, 0.05) is 13.0 Å². The quantitative estimate of drug-likeness (QED) is 0.520. The number of amides is 2. The van der Waals surface area contributed by atoms with Gasteiger partial charge in [-0.3, -0.25) is 24.1 Å². The van der Waals surface area contributed by atoms with E-state index in [1.165, 1.54) is 23.3 Å². The molecule has 0 spiro atoms. The molecule has 0 bridgehead atoms. The molecule has 2 N–H and O–H groups in total. The zero-order valence-corrected chi connectivity index (χ0v) is 16.7. The predicted molar refractivity (Wildman–Crippen MR) is 105 cm³/mol. The number of anilines is 1. The second-order valence-electron chi connectivity index (χ2n) is 5.86. The first-order valence-electron chi connectivity index (χ1n) is 8.69. The Morgan fingerprint density at radius 2 is 2.17 bits per heavy atom. The average molecular weight is 423 g/mol. The number of benzene rings is 1. The summed E-state index contributed by atoms with van der Waals surface area (Å²) in [5.74, 6) is -0.796. The van der Waals surface area contributed by atoms with Crippen LogP contribution < -0.4 is 15.0 Å². The highest BCUT2D eigenvalue weighted by Crippen LogP contribution is 2.34. The second kappa shape index (κ2) is 10.4. The normalized spacial score (nSPS) is 15.4. The largest absolute Gasteiger partial charge is 0.494 e. The summed E-state index contributed by atoms with van der Waals surface area (Å²) in [4.78, 5) is 50.0. The number of esters is 1. The first kappa shape index (κ1) is 22.1. The van der Waals surface area contributed by atoms with Gasteiger partial charge >= 0.3 is 5.97 Å². The van der Waals surface area contributed by atoms with E-state index >= 15 is 0 Å². The van der Waals surface area contributed by atoms with Crippen LogP contribution in [0.2, 0.25) is 0 Å². The van der Waals surface area contributed by atoms with Crippen LogP contribution in [0.5, 0.6) is 5.75 Å². The number of hydrogen-bond acceptors (Lipinski definition) is 8. The van der Waals surface area contributed by atoms with Gasteiger partial charge in [0.1, 0.15) is 12.3 Å². The highest BCUT2D eigenvalue weighted by Gasteiger charge is 2.36. The summed E-state index contributed by atoms with van der Waals surface area (Å²) in [6, 6.07) is 5.58. The number of thiazole rings is 1. The maximum atomic E-state index is 12.3. The Bertz CT molecular complexity index is 899. The van der Waals surface area contributed by atoms with Gasteiger partial charge in [0.2, 0.25) is 11.8 Å². The fourth-order valence-electron chi connectivity index (χ4n) is 2.71. The van der Waals surface area contributed by atoms with Crippen LogP contribution in [0, 0.1) is 5.92 Å². The van der Waals surface area contributed by atoms with Crippen molar-refractivity contribution in [3.63, 3.8) is 0 Å². The Kier molecular flexibility index (Phi) is 7.89. The predicted octanol–water partition coefficient (Wildman–Crippen LogP) is 1.04. The lowest BCUT2D eigenvalue weighted by Crippen LogP contribution is -2.36. The average Bonchev–Trinajstić information content (AvgIpc) is 3.29. The molecule has 11 heteroatoms. The summed E-state index contributed by atoms with van der Waals surface area (Å²) >= 11 is 1.38. The number of hydrogen-bond donors (Lipinski definition) is 2. The summed E-state index contributed by atoms with van der Waals surface area (Å²) in [5, 5.41) is 9.94. The van der Waals surface area contributed by atoms with Crippen molar-refractivity contribution < 1.29 is 33.8 Å². The Morgan fingerprint density at radius 3 is 2.83 bits per heavy atom. The molecule has 2 aromatic rings. The molecule has 29 heavy (non-hydrogen) atoms. The van der Waals surface area contributed by atoms with Gasteiger partial charge < -0.3 is 19.9 Å². The number of carbonyl (C=O) groups is 4. The summed E-state index contributed by atoms with van der Waals surface area (Å²) in [7, 11) is 1.25. The van der Waals surface area contributed by atoms with Gasteiger partial charge in [-0.2, -0.15) is 0 Å². The second-order valence-corrected chi connectivity index (χ2v) is 6.87. The Morgan fingerprint density at radius 1 is 1.45 bits per heavy atom. The minimum atomic E-state index is -0.532. The molecule has 2 amide bonds. The lowest BCUT2D eigenvalue weighted by molar-refractivity contribution is -0.141. The van der Waals surface area contributed by atoms with Gasteiger partial charge in [-0.25, -0.2) is 4.98 Å². The van der Waals surface area contributed by atoms with Crippen molar-refractivity contribution in [3.8, 4) is 5.75 Å². The van der Waals surface area contributed by atoms with Crippen LogP contribution in [-0.2, 0) is 23.9 Å². The third kappa shape index (κ3) is 5.64. The molecular weight excluding hydrogens is 402 g/mol. The topological polar surface area (TPSA) is 135 Å². The van der Waals surface area contributed by atoms with Crippen LogP contribution in [0.25, 0.3) is 10.2 Å². The fraction of sp³-hybridized carbons (Fsp3) is 0.389. The third-order valence-electron chi connectivity index (χ3n) is 4.02. The molecule has 1 fully saturated rings. The van der Waals surface area contributed by atoms with Crippen LogP contribution in [0.15, 0.2) is 18.2 Å². The van der Waals surface area contributed by atoms with Crippen molar-refractivity contribution in [1.29, 1.82) is 0 Å². The molecule has 1 aromatic heterocycles. The number of rotatable bonds is 6. The van der Waals surface area contributed by atoms with E-state index in [1.54, 1.807) is 0 Å². The molecule has 1 aliphatic heterocycles. The highest BCUT2D eigenvalue weighted by molar-refractivity contribution is 7.22. The van der Waals surface area contributed by atoms with E-state index in [0.29, 0.717) is 11.7 Å². The molecule has 1 aromatic carbocycles. The van der Waals surface area contributed by atoms with E-state index in [2.05, 4.69) is 15.0 Å². The van der Waals surface area contributed by atoms with E-state index in [1.807, 2.05) is 25.1 Å². The number of methoxy groups -OCH3 is 1. The van der Waals surface area contributed by atoms with Gasteiger partial charge in [-0.05, 0) is 25.1 Å². The van der Waals surface area contributed by atoms with Crippen LogP contribution in [-0.4, -0.2) is 61.2 Å². The van der Waals surface area contributed by atoms with Gasteiger partial charge in [0.25, 0.3) is 6.47 Å². The Labute approximate surface area is 170 Å². The first-order valence-corrected chi connectivity index (χ1v) is 9.51. The molecule has 10 nitrogen and oxygen atoms in total. The standard InChI is InChI=1S/C17H19N3O5S.CH2O2/c1-3-25-11-4-5-12-13(7-11)26-17(19-12)20-9-10(6-14(20)21)16(23)18-8-15(22)24-2;2-1-3/h4-5,7,10H,3,6,8-9H2,1-2H3,(H,18,23);1H,(H,2,3). The van der Waals surface area contributed by atoms with E-state index in [4.69, 9.17) is 14.6 Å². The lowest BCUT2D eigenvalue weighted by Gasteiger charge is -2.12. The number of nitrogens with zero attached hydrogens (tertiary/aromatic N) is 2. The van der Waals surface area contributed by atoms with Crippen molar-refractivity contribution in [2.75, 3.05) is 31.7 Å². The summed E-state index contributed by atoms with van der Waals surface area (Å²) < 4.78 is 10.9. The van der Waals surface area contributed by atoms with Gasteiger partial charge in [-0.15, -0.1) is 0 Å². The van der Waals surface area contributed by atoms with Crippen molar-refractivity contribution in [1.82, 2.24) is 10.3 Å². The highest BCUT2D eigenvalue weighted by atomic mass is 32.1. The van der Waals surface area contributed by atoms with Crippen LogP contribution in [0.1, 0.15) is 13.3 Å². The minimum Gasteiger partial charge on any atom is -0.494 e. The number of ether oxygens (including phenoxy) is 2. The zero-order valence-electron chi connectivity index (χ0n) is 15.9. The summed E-state index contributed by atoms with van der Waals surface area (Å²) in [6.07, 6.45) is 0.0904. The van der Waals surface area contributed by atoms with Crippen molar-refractivity contribution in [3.05, 3.63) is 18.2 Å². The van der Waals surface area contributed by atoms with Crippen molar-refractivity contribution >= 4 is 50.9 Å². The molecule has 0 radical (unpaired) electrons. The molecule has 0 saturated carbocycles. The van der Waals surface area contributed by atoms with Gasteiger partial charge in [0.05, 0.1) is 29.9 Å². The Hall–Kier alpha value is -3.21. The SMILES string of the molecule is CCOc1ccc2nc(N3CC(C(=O)NCC(=O)OC)CC3=O)sc2c1.O=CO. The number of nitrogens with one attached hydrogen (secondary N) is 1. The summed E-state index contributed by atoms with van der Waals surface area (Å²) in [5.41, 5.74) is 0.778. The number of fused-ring (bicyclic) bond motifs is 1. The number of carbonyl (C=O) groups excluding carboxylic acids is 3. The molecule has 1 unspecified atom stereocenters. The van der Waals surface area contributed by atoms with Gasteiger partial charge in [-0.1, -0.05) is 11.3 Å². The number of aromatic nitrogens is 1. The van der Waals surface area contributed by atoms with E-state index in [9.17, 15) is 14.4 Å². The molecule has 1 atom stereocenters. The lowest BCUT2D eigenvalue weighted by atomic mass is 10.1. The van der Waals surface area contributed by atoms with Crippen molar-refractivity contribution in [2.24, 2.45) is 5.92 Å². The molecule has 0 aliphatic carbocycles. The minimum absolute atomic E-state index is 0.0904. The molecule has 2 heterocycles. The summed E-state index contributed by atoms with van der Waals surface area (Å²) in [6.45, 7) is 2.27. The van der Waals surface area contributed by atoms with Crippen LogP contribution in [0.3, 0.4) is 0 Å². The van der Waals surface area contributed by atoms with Crippen molar-refractivity contribution in [2.45, 2.75) is 13.3 Å². The zero-order chi connectivity index (χ0) is 21.4. The molecule has 1 saturated heterocycles. The molecular formula is C18H21N3O7S. The smallest absolute Gasteiger partial charge is 0.325 e. The van der Waals surface area contributed by atoms with E-state index in [-0.39, 0.29) is 37.8 Å². The monoisotopic (exact) mass is 423 g/mol. The van der Waals surface area contributed by atoms with E-state index in [0.717, 1.165) is 16.0 Å².